The number of nitrogens with zero attached hydrogens (tertiary/aromatic N) is 1. The zero-order valence-electron chi connectivity index (χ0n) is 11.4. The molecule has 1 aromatic rings. The summed E-state index contributed by atoms with van der Waals surface area (Å²) in [5, 5.41) is 10.2. The van der Waals surface area contributed by atoms with E-state index in [2.05, 4.69) is 16.5 Å². The first-order valence-corrected chi connectivity index (χ1v) is 8.70. The molecule has 2 heterocycles. The summed E-state index contributed by atoms with van der Waals surface area (Å²) >= 11 is 0.933. The van der Waals surface area contributed by atoms with E-state index in [1.807, 2.05) is 7.05 Å². The Morgan fingerprint density at radius 3 is 2.80 bits per heavy atom. The van der Waals surface area contributed by atoms with Crippen LogP contribution in [0.15, 0.2) is 15.7 Å². The Balaban J connectivity index is 2.09. The fourth-order valence-electron chi connectivity index (χ4n) is 2.24. The van der Waals surface area contributed by atoms with E-state index in [0.29, 0.717) is 6.04 Å². The molecule has 0 bridgehead atoms. The van der Waals surface area contributed by atoms with Crippen LogP contribution in [0.5, 0.6) is 0 Å². The van der Waals surface area contributed by atoms with Gasteiger partial charge in [0.15, 0.2) is 0 Å². The first kappa shape index (κ1) is 15.4. The molecule has 112 valence electrons. The first-order valence-electron chi connectivity index (χ1n) is 6.34. The van der Waals surface area contributed by atoms with Crippen molar-refractivity contribution in [1.82, 2.24) is 9.62 Å². The summed E-state index contributed by atoms with van der Waals surface area (Å²) in [6, 6.07) is 1.43. The lowest BCUT2D eigenvalue weighted by Gasteiger charge is -2.35. The van der Waals surface area contributed by atoms with Crippen LogP contribution >= 0.6 is 11.3 Å². The molecule has 2 unspecified atom stereocenters. The van der Waals surface area contributed by atoms with Gasteiger partial charge in [0.05, 0.1) is 5.56 Å². The lowest BCUT2D eigenvalue weighted by molar-refractivity contribution is 0.0697. The third-order valence-corrected chi connectivity index (χ3v) is 6.58. The predicted octanol–water partition coefficient (Wildman–Crippen LogP) is 1.21. The second-order valence-electron chi connectivity index (χ2n) is 5.13. The zero-order valence-corrected chi connectivity index (χ0v) is 13.0. The Bertz CT molecular complexity index is 596. The molecule has 1 saturated heterocycles. The molecule has 0 spiro atoms. The number of piperidine rings is 1. The number of nitrogens with one attached hydrogen (secondary N) is 1. The standard InChI is InChI=1S/C12H18N2O4S2/c1-8-5-10(3-4-14(8)2)13-20(17,18)11-6-9(7-19-11)12(15)16/h6-8,10,13H,3-5H2,1-2H3,(H,15,16). The van der Waals surface area contributed by atoms with Gasteiger partial charge in [-0.2, -0.15) is 0 Å². The molecule has 0 radical (unpaired) electrons. The molecule has 1 aliphatic heterocycles. The second-order valence-corrected chi connectivity index (χ2v) is 7.98. The highest BCUT2D eigenvalue weighted by Crippen LogP contribution is 2.23. The Hall–Kier alpha value is -0.960. The molecule has 20 heavy (non-hydrogen) atoms. The van der Waals surface area contributed by atoms with Gasteiger partial charge in [-0.05, 0) is 39.4 Å². The number of carboxylic acid groups (broad SMARTS) is 1. The molecule has 2 atom stereocenters. The minimum absolute atomic E-state index is 0.00659. The number of hydrogen-bond acceptors (Lipinski definition) is 5. The van der Waals surface area contributed by atoms with Gasteiger partial charge in [0.1, 0.15) is 4.21 Å². The van der Waals surface area contributed by atoms with Gasteiger partial charge in [-0.25, -0.2) is 17.9 Å². The number of thiophene rings is 1. The van der Waals surface area contributed by atoms with Crippen LogP contribution in [0.1, 0.15) is 30.1 Å². The molecule has 0 aliphatic carbocycles. The molecule has 2 rings (SSSR count). The lowest BCUT2D eigenvalue weighted by Crippen LogP contribution is -2.47. The summed E-state index contributed by atoms with van der Waals surface area (Å²) in [6.45, 7) is 2.91. The van der Waals surface area contributed by atoms with Crippen molar-refractivity contribution in [1.29, 1.82) is 0 Å². The molecule has 0 amide bonds. The van der Waals surface area contributed by atoms with E-state index >= 15 is 0 Å². The number of rotatable bonds is 4. The number of likely N-dealkylation sites (tertiary alicyclic amines) is 1. The highest BCUT2D eigenvalue weighted by molar-refractivity contribution is 7.91. The van der Waals surface area contributed by atoms with Crippen molar-refractivity contribution in [2.75, 3.05) is 13.6 Å². The van der Waals surface area contributed by atoms with Crippen molar-refractivity contribution in [2.45, 2.75) is 36.1 Å². The van der Waals surface area contributed by atoms with Crippen LogP contribution in [0, 0.1) is 0 Å². The van der Waals surface area contributed by atoms with Gasteiger partial charge in [-0.15, -0.1) is 11.3 Å². The van der Waals surface area contributed by atoms with Gasteiger partial charge in [0.2, 0.25) is 10.0 Å². The molecule has 1 aromatic heterocycles. The smallest absolute Gasteiger partial charge is 0.336 e. The molecule has 2 N–H and O–H groups in total. The number of aromatic carboxylic acids is 1. The number of carbonyl (C=O) groups is 1. The van der Waals surface area contributed by atoms with Crippen LogP contribution in [0.3, 0.4) is 0 Å². The van der Waals surface area contributed by atoms with Gasteiger partial charge in [-0.3, -0.25) is 0 Å². The minimum Gasteiger partial charge on any atom is -0.478 e. The van der Waals surface area contributed by atoms with Gasteiger partial charge < -0.3 is 10.0 Å². The topological polar surface area (TPSA) is 86.7 Å². The van der Waals surface area contributed by atoms with Crippen LogP contribution in [0.25, 0.3) is 0 Å². The van der Waals surface area contributed by atoms with Gasteiger partial charge in [-0.1, -0.05) is 0 Å². The predicted molar refractivity (Wildman–Crippen MR) is 76.7 cm³/mol. The van der Waals surface area contributed by atoms with Crippen LogP contribution in [0.4, 0.5) is 0 Å². The van der Waals surface area contributed by atoms with E-state index in [9.17, 15) is 13.2 Å². The van der Waals surface area contributed by atoms with E-state index in [-0.39, 0.29) is 15.8 Å². The summed E-state index contributed by atoms with van der Waals surface area (Å²) < 4.78 is 27.2. The molecule has 1 aliphatic rings. The molecule has 0 saturated carbocycles. The highest BCUT2D eigenvalue weighted by Gasteiger charge is 2.28. The van der Waals surface area contributed by atoms with Crippen molar-refractivity contribution in [3.8, 4) is 0 Å². The highest BCUT2D eigenvalue weighted by atomic mass is 32.2. The lowest BCUT2D eigenvalue weighted by atomic mass is 10.0. The van der Waals surface area contributed by atoms with Crippen LogP contribution in [-0.4, -0.2) is 50.1 Å². The molecular weight excluding hydrogens is 300 g/mol. The number of hydrogen-bond donors (Lipinski definition) is 2. The Kier molecular flexibility index (Phi) is 4.48. The van der Waals surface area contributed by atoms with Crippen LogP contribution in [0.2, 0.25) is 0 Å². The van der Waals surface area contributed by atoms with Crippen molar-refractivity contribution >= 4 is 27.3 Å². The van der Waals surface area contributed by atoms with E-state index in [0.717, 1.165) is 30.7 Å². The molecule has 8 heteroatoms. The third kappa shape index (κ3) is 3.38. The average molecular weight is 318 g/mol. The number of carboxylic acids is 1. The molecule has 0 aromatic carbocycles. The van der Waals surface area contributed by atoms with Gasteiger partial charge in [0, 0.05) is 17.5 Å². The fraction of sp³-hybridized carbons (Fsp3) is 0.583. The van der Waals surface area contributed by atoms with Crippen molar-refractivity contribution < 1.29 is 18.3 Å². The van der Waals surface area contributed by atoms with Crippen molar-refractivity contribution in [3.05, 3.63) is 17.0 Å². The first-order chi connectivity index (χ1) is 9.29. The number of sulfonamides is 1. The summed E-state index contributed by atoms with van der Waals surface area (Å²) in [4.78, 5) is 13.0. The Morgan fingerprint density at radius 2 is 2.25 bits per heavy atom. The van der Waals surface area contributed by atoms with Gasteiger partial charge in [0.25, 0.3) is 0 Å². The second kappa shape index (κ2) is 5.80. The van der Waals surface area contributed by atoms with Crippen LogP contribution < -0.4 is 4.72 Å². The van der Waals surface area contributed by atoms with E-state index < -0.39 is 16.0 Å². The Morgan fingerprint density at radius 1 is 1.55 bits per heavy atom. The quantitative estimate of drug-likeness (QED) is 0.871. The summed E-state index contributed by atoms with van der Waals surface area (Å²) in [5.41, 5.74) is 0.00659. The van der Waals surface area contributed by atoms with E-state index in [1.165, 1.54) is 11.4 Å². The fourth-order valence-corrected chi connectivity index (χ4v) is 4.70. The maximum atomic E-state index is 12.2. The Labute approximate surface area is 122 Å². The van der Waals surface area contributed by atoms with Crippen LogP contribution in [-0.2, 0) is 10.0 Å². The molecular formula is C12H18N2O4S2. The summed E-state index contributed by atoms with van der Waals surface area (Å²) in [7, 11) is -1.61. The summed E-state index contributed by atoms with van der Waals surface area (Å²) in [6.07, 6.45) is 1.52. The molecule has 1 fully saturated rings. The van der Waals surface area contributed by atoms with E-state index in [1.54, 1.807) is 0 Å². The maximum absolute atomic E-state index is 12.2. The van der Waals surface area contributed by atoms with Gasteiger partial charge >= 0.3 is 5.97 Å². The van der Waals surface area contributed by atoms with E-state index in [4.69, 9.17) is 5.11 Å². The third-order valence-electron chi connectivity index (χ3n) is 3.62. The molecule has 6 nitrogen and oxygen atoms in total. The maximum Gasteiger partial charge on any atom is 0.336 e. The average Bonchev–Trinajstić information content (AvgIpc) is 2.84. The van der Waals surface area contributed by atoms with Crippen molar-refractivity contribution in [2.24, 2.45) is 0 Å². The monoisotopic (exact) mass is 318 g/mol. The normalized spacial score (nSPS) is 24.7. The van der Waals surface area contributed by atoms with Crippen molar-refractivity contribution in [3.63, 3.8) is 0 Å². The zero-order chi connectivity index (χ0) is 14.9. The largest absolute Gasteiger partial charge is 0.478 e. The SMILES string of the molecule is CC1CC(NS(=O)(=O)c2cc(C(=O)O)cs2)CCN1C. The summed E-state index contributed by atoms with van der Waals surface area (Å²) in [5.74, 6) is -1.12. The minimum atomic E-state index is -3.63.